The highest BCUT2D eigenvalue weighted by Crippen LogP contribution is 2.52. The molecule has 15 heavy (non-hydrogen) atoms. The van der Waals surface area contributed by atoms with Crippen LogP contribution in [0.4, 0.5) is 0 Å². The third-order valence-corrected chi connectivity index (χ3v) is 3.87. The molecular weight excluding hydrogens is 188 g/mol. The molecule has 4 atom stereocenters. The van der Waals surface area contributed by atoms with Crippen molar-refractivity contribution >= 4 is 5.78 Å². The summed E-state index contributed by atoms with van der Waals surface area (Å²) in [5.74, 6) is 0.754. The van der Waals surface area contributed by atoms with Crippen LogP contribution in [0.5, 0.6) is 0 Å². The van der Waals surface area contributed by atoms with Crippen molar-refractivity contribution in [3.63, 3.8) is 0 Å². The molecule has 2 heteroatoms. The minimum absolute atomic E-state index is 0.0771. The van der Waals surface area contributed by atoms with Crippen molar-refractivity contribution in [2.24, 2.45) is 17.3 Å². The lowest BCUT2D eigenvalue weighted by Crippen LogP contribution is -2.42. The van der Waals surface area contributed by atoms with Crippen LogP contribution in [0.2, 0.25) is 0 Å². The zero-order valence-corrected chi connectivity index (χ0v) is 9.99. The minimum atomic E-state index is 0.0771. The number of carbonyl (C=O) groups excluding carboxylic acids is 1. The Morgan fingerprint density at radius 3 is 2.73 bits per heavy atom. The van der Waals surface area contributed by atoms with Crippen molar-refractivity contribution in [3.8, 4) is 0 Å². The molecule has 1 saturated heterocycles. The van der Waals surface area contributed by atoms with Gasteiger partial charge >= 0.3 is 0 Å². The molecule has 0 bridgehead atoms. The second-order valence-corrected chi connectivity index (χ2v) is 5.57. The van der Waals surface area contributed by atoms with E-state index in [0.29, 0.717) is 18.1 Å². The molecule has 84 valence electrons. The van der Waals surface area contributed by atoms with Gasteiger partial charge in [0, 0.05) is 5.92 Å². The maximum Gasteiger partial charge on any atom is 0.159 e. The van der Waals surface area contributed by atoms with Crippen molar-refractivity contribution in [2.45, 2.75) is 46.3 Å². The average molecular weight is 208 g/mol. The average Bonchev–Trinajstić information content (AvgIpc) is 2.81. The Balaban J connectivity index is 2.22. The van der Waals surface area contributed by atoms with Gasteiger partial charge in [0.25, 0.3) is 0 Å². The van der Waals surface area contributed by atoms with Crippen LogP contribution in [-0.2, 0) is 9.53 Å². The Hall–Kier alpha value is -0.630. The molecule has 4 unspecified atom stereocenters. The highest BCUT2D eigenvalue weighted by molar-refractivity contribution is 5.92. The number of fused-ring (bicyclic) bond motifs is 1. The smallest absolute Gasteiger partial charge is 0.159 e. The topological polar surface area (TPSA) is 29.6 Å². The molecule has 0 radical (unpaired) electrons. The molecule has 2 rings (SSSR count). The predicted molar refractivity (Wildman–Crippen MR) is 59.5 cm³/mol. The molecule has 1 aliphatic carbocycles. The fourth-order valence-electron chi connectivity index (χ4n) is 3.24. The van der Waals surface area contributed by atoms with Crippen LogP contribution < -0.4 is 0 Å². The van der Waals surface area contributed by atoms with E-state index in [1.165, 1.54) is 0 Å². The molecule has 0 spiro atoms. The van der Waals surface area contributed by atoms with E-state index in [4.69, 9.17) is 4.74 Å². The standard InChI is InChI=1S/C13H20O2/c1-5-6-9(14)11-8(2)12-10(15-12)7-13(11,3)4/h5-6,8,10-12H,7H2,1-4H3. The molecule has 0 aromatic heterocycles. The number of ether oxygens (including phenoxy) is 1. The summed E-state index contributed by atoms with van der Waals surface area (Å²) in [6, 6.07) is 0. The van der Waals surface area contributed by atoms with Crippen molar-refractivity contribution in [3.05, 3.63) is 12.2 Å². The monoisotopic (exact) mass is 208 g/mol. The summed E-state index contributed by atoms with van der Waals surface area (Å²) in [5, 5.41) is 0. The number of hydrogen-bond acceptors (Lipinski definition) is 2. The lowest BCUT2D eigenvalue weighted by molar-refractivity contribution is -0.124. The molecule has 0 aromatic rings. The Morgan fingerprint density at radius 1 is 1.47 bits per heavy atom. The van der Waals surface area contributed by atoms with Gasteiger partial charge in [-0.1, -0.05) is 26.8 Å². The quantitative estimate of drug-likeness (QED) is 0.515. The van der Waals surface area contributed by atoms with E-state index in [0.717, 1.165) is 6.42 Å². The highest BCUT2D eigenvalue weighted by atomic mass is 16.6. The van der Waals surface area contributed by atoms with E-state index in [-0.39, 0.29) is 17.1 Å². The first-order chi connectivity index (χ1) is 6.97. The largest absolute Gasteiger partial charge is 0.369 e. The molecule has 2 aliphatic rings. The Morgan fingerprint density at radius 2 is 2.13 bits per heavy atom. The lowest BCUT2D eigenvalue weighted by Gasteiger charge is -2.39. The minimum Gasteiger partial charge on any atom is -0.369 e. The second-order valence-electron chi connectivity index (χ2n) is 5.57. The third-order valence-electron chi connectivity index (χ3n) is 3.87. The molecule has 1 heterocycles. The molecule has 0 N–H and O–H groups in total. The Bertz CT molecular complexity index is 304. The molecule has 2 nitrogen and oxygen atoms in total. The van der Waals surface area contributed by atoms with Gasteiger partial charge in [-0.3, -0.25) is 4.79 Å². The molecule has 2 fully saturated rings. The number of rotatable bonds is 2. The summed E-state index contributed by atoms with van der Waals surface area (Å²) in [7, 11) is 0. The summed E-state index contributed by atoms with van der Waals surface area (Å²) >= 11 is 0. The summed E-state index contributed by atoms with van der Waals surface area (Å²) in [4.78, 5) is 12.0. The maximum absolute atomic E-state index is 12.0. The number of allylic oxidation sites excluding steroid dienone is 2. The molecular formula is C13H20O2. The van der Waals surface area contributed by atoms with Crippen LogP contribution in [0.3, 0.4) is 0 Å². The van der Waals surface area contributed by atoms with Gasteiger partial charge in [-0.05, 0) is 30.8 Å². The third kappa shape index (κ3) is 1.76. The number of ketones is 1. The van der Waals surface area contributed by atoms with Crippen LogP contribution in [-0.4, -0.2) is 18.0 Å². The molecule has 1 saturated carbocycles. The van der Waals surface area contributed by atoms with Crippen LogP contribution >= 0.6 is 0 Å². The van der Waals surface area contributed by atoms with Crippen LogP contribution in [0.25, 0.3) is 0 Å². The van der Waals surface area contributed by atoms with E-state index in [1.54, 1.807) is 6.08 Å². The van der Waals surface area contributed by atoms with Crippen LogP contribution in [0.1, 0.15) is 34.1 Å². The van der Waals surface area contributed by atoms with Gasteiger partial charge in [0.1, 0.15) is 0 Å². The zero-order valence-electron chi connectivity index (χ0n) is 9.99. The first-order valence-electron chi connectivity index (χ1n) is 5.79. The van der Waals surface area contributed by atoms with Crippen molar-refractivity contribution < 1.29 is 9.53 Å². The number of hydrogen-bond donors (Lipinski definition) is 0. The first-order valence-corrected chi connectivity index (χ1v) is 5.79. The van der Waals surface area contributed by atoms with E-state index < -0.39 is 0 Å². The first kappa shape index (κ1) is 10.9. The Labute approximate surface area is 91.7 Å². The van der Waals surface area contributed by atoms with E-state index in [9.17, 15) is 4.79 Å². The highest BCUT2D eigenvalue weighted by Gasteiger charge is 2.57. The van der Waals surface area contributed by atoms with Gasteiger partial charge < -0.3 is 4.74 Å². The van der Waals surface area contributed by atoms with Crippen molar-refractivity contribution in [1.29, 1.82) is 0 Å². The molecule has 0 aromatic carbocycles. The normalized spacial score (nSPS) is 42.7. The molecule has 0 amide bonds. The van der Waals surface area contributed by atoms with Crippen LogP contribution in [0.15, 0.2) is 12.2 Å². The SMILES string of the molecule is CC=CC(=O)C1C(C)C2OC2CC1(C)C. The molecule has 1 aliphatic heterocycles. The van der Waals surface area contributed by atoms with Gasteiger partial charge in [-0.25, -0.2) is 0 Å². The summed E-state index contributed by atoms with van der Waals surface area (Å²) in [6.07, 6.45) is 5.34. The van der Waals surface area contributed by atoms with E-state index >= 15 is 0 Å². The van der Waals surface area contributed by atoms with Gasteiger partial charge in [0.2, 0.25) is 0 Å². The van der Waals surface area contributed by atoms with Crippen molar-refractivity contribution in [1.82, 2.24) is 0 Å². The fraction of sp³-hybridized carbons (Fsp3) is 0.769. The fourth-order valence-corrected chi connectivity index (χ4v) is 3.24. The zero-order chi connectivity index (χ0) is 11.2. The maximum atomic E-state index is 12.0. The summed E-state index contributed by atoms with van der Waals surface area (Å²) < 4.78 is 5.61. The predicted octanol–water partition coefficient (Wildman–Crippen LogP) is 2.58. The van der Waals surface area contributed by atoms with Gasteiger partial charge in [0.15, 0.2) is 5.78 Å². The van der Waals surface area contributed by atoms with Gasteiger partial charge in [-0.15, -0.1) is 0 Å². The van der Waals surface area contributed by atoms with Gasteiger partial charge in [-0.2, -0.15) is 0 Å². The summed E-state index contributed by atoms with van der Waals surface area (Å²) in [5.41, 5.74) is 0.0771. The Kier molecular flexibility index (Phi) is 2.50. The lowest BCUT2D eigenvalue weighted by atomic mass is 9.62. The van der Waals surface area contributed by atoms with E-state index in [2.05, 4.69) is 20.8 Å². The van der Waals surface area contributed by atoms with Crippen molar-refractivity contribution in [2.75, 3.05) is 0 Å². The van der Waals surface area contributed by atoms with Gasteiger partial charge in [0.05, 0.1) is 12.2 Å². The summed E-state index contributed by atoms with van der Waals surface area (Å²) in [6.45, 7) is 8.42. The van der Waals surface area contributed by atoms with E-state index in [1.807, 2.05) is 13.0 Å². The second kappa shape index (κ2) is 3.44. The van der Waals surface area contributed by atoms with Crippen LogP contribution in [0, 0.1) is 17.3 Å². The number of epoxide rings is 1. The number of carbonyl (C=O) groups is 1.